The van der Waals surface area contributed by atoms with E-state index >= 15 is 0 Å². The predicted octanol–water partition coefficient (Wildman–Crippen LogP) is 0.578. The highest BCUT2D eigenvalue weighted by atomic mass is 16.3. The Morgan fingerprint density at radius 1 is 1.69 bits per heavy atom. The van der Waals surface area contributed by atoms with Crippen LogP contribution in [0.4, 0.5) is 5.95 Å². The first-order valence-corrected chi connectivity index (χ1v) is 4.46. The summed E-state index contributed by atoms with van der Waals surface area (Å²) >= 11 is 0. The molecule has 1 fully saturated rings. The molecule has 1 aliphatic carbocycles. The molecule has 0 bridgehead atoms. The maximum Gasteiger partial charge on any atom is 0.223 e. The average Bonchev–Trinajstić information content (AvgIpc) is 2.83. The highest BCUT2D eigenvalue weighted by Crippen LogP contribution is 2.31. The van der Waals surface area contributed by atoms with Crippen LogP contribution in [0.15, 0.2) is 12.3 Å². The highest BCUT2D eigenvalue weighted by molar-refractivity contribution is 5.29. The van der Waals surface area contributed by atoms with Gasteiger partial charge in [0.1, 0.15) is 0 Å². The number of aryl methyl sites for hydroxylation is 1. The minimum absolute atomic E-state index is 0.253. The fraction of sp³-hybridized carbons (Fsp3) is 0.556. The van der Waals surface area contributed by atoms with Gasteiger partial charge in [-0.25, -0.2) is 9.97 Å². The van der Waals surface area contributed by atoms with Gasteiger partial charge in [0.15, 0.2) is 0 Å². The Bertz CT molecular complexity index is 303. The van der Waals surface area contributed by atoms with Crippen LogP contribution >= 0.6 is 0 Å². The molecule has 70 valence electrons. The van der Waals surface area contributed by atoms with E-state index in [0.29, 0.717) is 17.9 Å². The second-order valence-corrected chi connectivity index (χ2v) is 3.45. The highest BCUT2D eigenvalue weighted by Gasteiger charge is 2.36. The Hall–Kier alpha value is -1.16. The van der Waals surface area contributed by atoms with Gasteiger partial charge in [-0.1, -0.05) is 0 Å². The van der Waals surface area contributed by atoms with Gasteiger partial charge in [0, 0.05) is 30.5 Å². The SMILES string of the molecule is Cc1ccnc(N[C@@H]2C[C@H]2CO)n1. The van der Waals surface area contributed by atoms with Gasteiger partial charge in [0.2, 0.25) is 5.95 Å². The average molecular weight is 179 g/mol. The van der Waals surface area contributed by atoms with Crippen LogP contribution in [0, 0.1) is 12.8 Å². The van der Waals surface area contributed by atoms with Gasteiger partial charge >= 0.3 is 0 Å². The Balaban J connectivity index is 1.95. The van der Waals surface area contributed by atoms with Crippen LogP contribution in [0.1, 0.15) is 12.1 Å². The molecule has 0 aliphatic heterocycles. The van der Waals surface area contributed by atoms with Gasteiger partial charge < -0.3 is 10.4 Å². The Morgan fingerprint density at radius 2 is 2.54 bits per heavy atom. The van der Waals surface area contributed by atoms with Crippen molar-refractivity contribution in [1.29, 1.82) is 0 Å². The Morgan fingerprint density at radius 3 is 3.15 bits per heavy atom. The number of nitrogens with zero attached hydrogens (tertiary/aromatic N) is 2. The summed E-state index contributed by atoms with van der Waals surface area (Å²) in [5, 5.41) is 12.0. The first-order chi connectivity index (χ1) is 6.29. The quantitative estimate of drug-likeness (QED) is 0.712. The third-order valence-electron chi connectivity index (χ3n) is 2.27. The van der Waals surface area contributed by atoms with Gasteiger partial charge in [-0.05, 0) is 19.4 Å². The molecular formula is C9H13N3O. The minimum atomic E-state index is 0.253. The van der Waals surface area contributed by atoms with Crippen molar-refractivity contribution < 1.29 is 5.11 Å². The molecule has 4 heteroatoms. The fourth-order valence-corrected chi connectivity index (χ4v) is 1.31. The van der Waals surface area contributed by atoms with E-state index < -0.39 is 0 Å². The molecule has 0 spiro atoms. The van der Waals surface area contributed by atoms with Crippen molar-refractivity contribution in [3.8, 4) is 0 Å². The maximum atomic E-state index is 8.83. The lowest BCUT2D eigenvalue weighted by atomic mass is 10.4. The molecule has 0 saturated heterocycles. The summed E-state index contributed by atoms with van der Waals surface area (Å²) in [6, 6.07) is 2.23. The van der Waals surface area contributed by atoms with Crippen molar-refractivity contribution in [2.24, 2.45) is 5.92 Å². The van der Waals surface area contributed by atoms with Gasteiger partial charge in [0.05, 0.1) is 0 Å². The van der Waals surface area contributed by atoms with E-state index in [2.05, 4.69) is 15.3 Å². The van der Waals surface area contributed by atoms with Gasteiger partial charge in [-0.2, -0.15) is 0 Å². The second kappa shape index (κ2) is 3.30. The molecule has 4 nitrogen and oxygen atoms in total. The molecular weight excluding hydrogens is 166 g/mol. The van der Waals surface area contributed by atoms with E-state index in [1.54, 1.807) is 6.20 Å². The molecule has 1 aliphatic rings. The van der Waals surface area contributed by atoms with E-state index in [9.17, 15) is 0 Å². The van der Waals surface area contributed by atoms with Crippen LogP contribution in [0.2, 0.25) is 0 Å². The van der Waals surface area contributed by atoms with Crippen molar-refractivity contribution >= 4 is 5.95 Å². The first-order valence-electron chi connectivity index (χ1n) is 4.46. The first kappa shape index (κ1) is 8.44. The van der Waals surface area contributed by atoms with Crippen LogP contribution in [0.5, 0.6) is 0 Å². The van der Waals surface area contributed by atoms with Crippen molar-refractivity contribution in [3.63, 3.8) is 0 Å². The zero-order chi connectivity index (χ0) is 9.26. The van der Waals surface area contributed by atoms with Gasteiger partial charge in [-0.3, -0.25) is 0 Å². The van der Waals surface area contributed by atoms with E-state index in [1.165, 1.54) is 0 Å². The number of hydrogen-bond acceptors (Lipinski definition) is 4. The van der Waals surface area contributed by atoms with Crippen LogP contribution in [-0.2, 0) is 0 Å². The van der Waals surface area contributed by atoms with E-state index in [-0.39, 0.29) is 6.61 Å². The number of nitrogens with one attached hydrogen (secondary N) is 1. The number of aliphatic hydroxyl groups is 1. The molecule has 2 atom stereocenters. The zero-order valence-corrected chi connectivity index (χ0v) is 7.57. The smallest absolute Gasteiger partial charge is 0.223 e. The predicted molar refractivity (Wildman–Crippen MR) is 49.4 cm³/mol. The van der Waals surface area contributed by atoms with Crippen LogP contribution in [0.25, 0.3) is 0 Å². The van der Waals surface area contributed by atoms with Crippen LogP contribution in [0.3, 0.4) is 0 Å². The molecule has 1 aromatic heterocycles. The summed E-state index contributed by atoms with van der Waals surface area (Å²) in [6.07, 6.45) is 2.76. The summed E-state index contributed by atoms with van der Waals surface area (Å²) in [6.45, 7) is 2.19. The minimum Gasteiger partial charge on any atom is -0.396 e. The molecule has 0 unspecified atom stereocenters. The molecule has 13 heavy (non-hydrogen) atoms. The lowest BCUT2D eigenvalue weighted by Gasteiger charge is -2.02. The molecule has 0 amide bonds. The number of anilines is 1. The fourth-order valence-electron chi connectivity index (χ4n) is 1.31. The summed E-state index contributed by atoms with van der Waals surface area (Å²) < 4.78 is 0. The maximum absolute atomic E-state index is 8.83. The number of rotatable bonds is 3. The Kier molecular flexibility index (Phi) is 2.14. The standard InChI is InChI=1S/C9H13N3O/c1-6-2-3-10-9(11-6)12-8-4-7(8)5-13/h2-3,7-8,13H,4-5H2,1H3,(H,10,11,12)/t7-,8+/m0/s1. The second-order valence-electron chi connectivity index (χ2n) is 3.45. The van der Waals surface area contributed by atoms with Crippen molar-refractivity contribution in [2.45, 2.75) is 19.4 Å². The Labute approximate surface area is 77.0 Å². The summed E-state index contributed by atoms with van der Waals surface area (Å²) in [5.74, 6) is 1.06. The van der Waals surface area contributed by atoms with E-state index in [4.69, 9.17) is 5.11 Å². The molecule has 0 aromatic carbocycles. The lowest BCUT2D eigenvalue weighted by Crippen LogP contribution is -2.09. The topological polar surface area (TPSA) is 58.0 Å². The van der Waals surface area contributed by atoms with E-state index in [0.717, 1.165) is 12.1 Å². The molecule has 2 N–H and O–H groups in total. The largest absolute Gasteiger partial charge is 0.396 e. The third-order valence-corrected chi connectivity index (χ3v) is 2.27. The summed E-state index contributed by atoms with van der Waals surface area (Å²) in [4.78, 5) is 8.30. The van der Waals surface area contributed by atoms with Crippen LogP contribution < -0.4 is 5.32 Å². The monoisotopic (exact) mass is 179 g/mol. The molecule has 0 radical (unpaired) electrons. The van der Waals surface area contributed by atoms with Crippen molar-refractivity contribution in [2.75, 3.05) is 11.9 Å². The normalized spacial score (nSPS) is 25.7. The number of aromatic nitrogens is 2. The lowest BCUT2D eigenvalue weighted by molar-refractivity contribution is 0.275. The van der Waals surface area contributed by atoms with Crippen molar-refractivity contribution in [1.82, 2.24) is 9.97 Å². The molecule has 2 rings (SSSR count). The van der Waals surface area contributed by atoms with Crippen molar-refractivity contribution in [3.05, 3.63) is 18.0 Å². The third kappa shape index (κ3) is 1.95. The van der Waals surface area contributed by atoms with Gasteiger partial charge in [-0.15, -0.1) is 0 Å². The van der Waals surface area contributed by atoms with E-state index in [1.807, 2.05) is 13.0 Å². The molecule has 1 aromatic rings. The zero-order valence-electron chi connectivity index (χ0n) is 7.57. The molecule has 1 saturated carbocycles. The number of aliphatic hydroxyl groups excluding tert-OH is 1. The summed E-state index contributed by atoms with van der Waals surface area (Å²) in [7, 11) is 0. The summed E-state index contributed by atoms with van der Waals surface area (Å²) in [5.41, 5.74) is 0.957. The molecule has 1 heterocycles. The van der Waals surface area contributed by atoms with Crippen LogP contribution in [-0.4, -0.2) is 27.7 Å². The number of hydrogen-bond donors (Lipinski definition) is 2. The van der Waals surface area contributed by atoms with Gasteiger partial charge in [0.25, 0.3) is 0 Å².